The van der Waals surface area contributed by atoms with Crippen LogP contribution in [-0.2, 0) is 23.4 Å². The van der Waals surface area contributed by atoms with Crippen molar-refractivity contribution >= 4 is 5.91 Å². The molecule has 0 unspecified atom stereocenters. The Morgan fingerprint density at radius 1 is 1.39 bits per heavy atom. The average molecular weight is 428 g/mol. The Hall–Kier alpha value is -3.60. The van der Waals surface area contributed by atoms with Crippen LogP contribution in [0.3, 0.4) is 0 Å². The van der Waals surface area contributed by atoms with Crippen molar-refractivity contribution in [3.8, 4) is 11.4 Å². The molecule has 0 radical (unpaired) electrons. The summed E-state index contributed by atoms with van der Waals surface area (Å²) in [7, 11) is 0. The molecule has 1 amide bonds. The van der Waals surface area contributed by atoms with Gasteiger partial charge in [-0.25, -0.2) is 14.1 Å². The zero-order valence-electron chi connectivity index (χ0n) is 17.0. The van der Waals surface area contributed by atoms with Crippen molar-refractivity contribution < 1.29 is 19.0 Å². The van der Waals surface area contributed by atoms with Gasteiger partial charge in [0.15, 0.2) is 5.69 Å². The molecule has 3 heterocycles. The molecule has 0 fully saturated rings. The standard InChI is InChI=1S/C20H21FN6O4/c1-20(2)19-24-15(16(28)18(30)26(19)7-3-9-31-20)17(29)22-11-12-4-5-13(21)10-14(12)27-8-6-23-25-27/h4-6,8,10,28H,3,7,9,11H2,1-2H3,(H,22,29). The maximum atomic E-state index is 13.7. The number of carbonyl (C=O) groups excluding carboxylic acids is 1. The number of hydrogen-bond acceptors (Lipinski definition) is 7. The number of aromatic hydroxyl groups is 1. The summed E-state index contributed by atoms with van der Waals surface area (Å²) in [6, 6.07) is 4.02. The second kappa shape index (κ2) is 7.91. The Balaban J connectivity index is 1.65. The van der Waals surface area contributed by atoms with E-state index in [2.05, 4.69) is 20.6 Å². The van der Waals surface area contributed by atoms with Crippen LogP contribution in [0.5, 0.6) is 5.75 Å². The predicted molar refractivity (Wildman–Crippen MR) is 106 cm³/mol. The Labute approximate surface area is 176 Å². The van der Waals surface area contributed by atoms with Gasteiger partial charge in [0.25, 0.3) is 11.5 Å². The first-order valence-corrected chi connectivity index (χ1v) is 9.69. The normalized spacial score (nSPS) is 15.2. The molecule has 11 heteroatoms. The number of benzene rings is 1. The fraction of sp³-hybridized carbons (Fsp3) is 0.350. The van der Waals surface area contributed by atoms with E-state index in [9.17, 15) is 19.1 Å². The lowest BCUT2D eigenvalue weighted by Gasteiger charge is -2.24. The zero-order chi connectivity index (χ0) is 22.2. The minimum absolute atomic E-state index is 0.0201. The summed E-state index contributed by atoms with van der Waals surface area (Å²) in [4.78, 5) is 29.8. The summed E-state index contributed by atoms with van der Waals surface area (Å²) in [6.07, 6.45) is 3.57. The van der Waals surface area contributed by atoms with Crippen LogP contribution in [-0.4, -0.2) is 42.2 Å². The summed E-state index contributed by atoms with van der Waals surface area (Å²) in [5.74, 6) is -1.68. The third-order valence-corrected chi connectivity index (χ3v) is 5.04. The highest BCUT2D eigenvalue weighted by Crippen LogP contribution is 2.27. The first-order chi connectivity index (χ1) is 14.8. The summed E-state index contributed by atoms with van der Waals surface area (Å²) in [5.41, 5.74) is -1.05. The van der Waals surface area contributed by atoms with Gasteiger partial charge in [0.2, 0.25) is 5.75 Å². The molecule has 0 aliphatic carbocycles. The van der Waals surface area contributed by atoms with Gasteiger partial charge in [0, 0.05) is 19.7 Å². The molecule has 10 nitrogen and oxygen atoms in total. The molecule has 0 bridgehead atoms. The van der Waals surface area contributed by atoms with E-state index < -0.39 is 28.6 Å². The number of nitrogens with zero attached hydrogens (tertiary/aromatic N) is 5. The number of nitrogens with one attached hydrogen (secondary N) is 1. The maximum Gasteiger partial charge on any atom is 0.296 e. The van der Waals surface area contributed by atoms with Crippen LogP contribution >= 0.6 is 0 Å². The minimum atomic E-state index is -0.907. The average Bonchev–Trinajstić information content (AvgIpc) is 3.22. The number of fused-ring (bicyclic) bond motifs is 1. The van der Waals surface area contributed by atoms with Crippen LogP contribution < -0.4 is 10.9 Å². The number of carbonyl (C=O) groups is 1. The lowest BCUT2D eigenvalue weighted by molar-refractivity contribution is -0.0227. The highest BCUT2D eigenvalue weighted by Gasteiger charge is 2.33. The van der Waals surface area contributed by atoms with E-state index in [-0.39, 0.29) is 18.1 Å². The summed E-state index contributed by atoms with van der Waals surface area (Å²) in [5, 5.41) is 20.5. The van der Waals surface area contributed by atoms with Crippen LogP contribution in [0.1, 0.15) is 42.1 Å². The third kappa shape index (κ3) is 3.91. The fourth-order valence-electron chi connectivity index (χ4n) is 3.48. The van der Waals surface area contributed by atoms with Gasteiger partial charge in [0.05, 0.1) is 18.1 Å². The van der Waals surface area contributed by atoms with Gasteiger partial charge < -0.3 is 15.2 Å². The van der Waals surface area contributed by atoms with Gasteiger partial charge >= 0.3 is 0 Å². The molecular formula is C20H21FN6O4. The molecule has 0 atom stereocenters. The summed E-state index contributed by atoms with van der Waals surface area (Å²) in [6.45, 7) is 4.23. The molecule has 4 rings (SSSR count). The molecule has 3 aromatic rings. The van der Waals surface area contributed by atoms with Gasteiger partial charge in [0.1, 0.15) is 17.2 Å². The van der Waals surface area contributed by atoms with Gasteiger partial charge in [-0.2, -0.15) is 0 Å². The Kier molecular flexibility index (Phi) is 5.27. The van der Waals surface area contributed by atoms with Crippen molar-refractivity contribution in [2.75, 3.05) is 6.61 Å². The highest BCUT2D eigenvalue weighted by molar-refractivity contribution is 5.94. The number of hydrogen-bond donors (Lipinski definition) is 2. The van der Waals surface area contributed by atoms with Crippen molar-refractivity contribution in [1.82, 2.24) is 29.9 Å². The van der Waals surface area contributed by atoms with Crippen molar-refractivity contribution in [2.45, 2.75) is 39.0 Å². The lowest BCUT2D eigenvalue weighted by atomic mass is 10.1. The highest BCUT2D eigenvalue weighted by atomic mass is 19.1. The van der Waals surface area contributed by atoms with E-state index in [0.29, 0.717) is 30.8 Å². The van der Waals surface area contributed by atoms with Crippen molar-refractivity contribution in [3.05, 3.63) is 63.8 Å². The van der Waals surface area contributed by atoms with Crippen LogP contribution in [0.15, 0.2) is 35.4 Å². The molecule has 1 aliphatic rings. The number of ether oxygens (including phenoxy) is 1. The van der Waals surface area contributed by atoms with Crippen LogP contribution in [0.25, 0.3) is 5.69 Å². The molecule has 0 saturated carbocycles. The molecular weight excluding hydrogens is 407 g/mol. The molecule has 0 saturated heterocycles. The van der Waals surface area contributed by atoms with Gasteiger partial charge in [-0.15, -0.1) is 5.10 Å². The fourth-order valence-corrected chi connectivity index (χ4v) is 3.48. The van der Waals surface area contributed by atoms with Crippen LogP contribution in [0.4, 0.5) is 4.39 Å². The summed E-state index contributed by atoms with van der Waals surface area (Å²) >= 11 is 0. The van der Waals surface area contributed by atoms with Crippen molar-refractivity contribution in [1.29, 1.82) is 0 Å². The Morgan fingerprint density at radius 3 is 2.94 bits per heavy atom. The second-order valence-corrected chi connectivity index (χ2v) is 7.61. The quantitative estimate of drug-likeness (QED) is 0.641. The van der Waals surface area contributed by atoms with Gasteiger partial charge in [-0.3, -0.25) is 14.2 Å². The lowest BCUT2D eigenvalue weighted by Crippen LogP contribution is -2.35. The minimum Gasteiger partial charge on any atom is -0.501 e. The molecule has 0 spiro atoms. The van der Waals surface area contributed by atoms with E-state index in [1.165, 1.54) is 33.6 Å². The molecule has 2 N–H and O–H groups in total. The molecule has 1 aliphatic heterocycles. The molecule has 2 aromatic heterocycles. The number of rotatable bonds is 4. The molecule has 31 heavy (non-hydrogen) atoms. The topological polar surface area (TPSA) is 124 Å². The number of amides is 1. The first kappa shape index (κ1) is 20.7. The molecule has 162 valence electrons. The van der Waals surface area contributed by atoms with Crippen LogP contribution in [0, 0.1) is 5.82 Å². The smallest absolute Gasteiger partial charge is 0.296 e. The monoisotopic (exact) mass is 428 g/mol. The number of halogens is 1. The van der Waals surface area contributed by atoms with E-state index in [4.69, 9.17) is 4.74 Å². The van der Waals surface area contributed by atoms with Gasteiger partial charge in [-0.05, 0) is 38.0 Å². The third-order valence-electron chi connectivity index (χ3n) is 5.04. The summed E-state index contributed by atoms with van der Waals surface area (Å²) < 4.78 is 22.2. The van der Waals surface area contributed by atoms with E-state index >= 15 is 0 Å². The zero-order valence-corrected chi connectivity index (χ0v) is 17.0. The first-order valence-electron chi connectivity index (χ1n) is 9.69. The largest absolute Gasteiger partial charge is 0.501 e. The maximum absolute atomic E-state index is 13.7. The van der Waals surface area contributed by atoms with Gasteiger partial charge in [-0.1, -0.05) is 11.3 Å². The Bertz CT molecular complexity index is 1190. The number of aromatic nitrogens is 5. The van der Waals surface area contributed by atoms with E-state index in [0.717, 1.165) is 0 Å². The Morgan fingerprint density at radius 2 is 2.19 bits per heavy atom. The van der Waals surface area contributed by atoms with Crippen LogP contribution in [0.2, 0.25) is 0 Å². The van der Waals surface area contributed by atoms with E-state index in [1.807, 2.05) is 0 Å². The van der Waals surface area contributed by atoms with E-state index in [1.54, 1.807) is 20.0 Å². The second-order valence-electron chi connectivity index (χ2n) is 7.61. The van der Waals surface area contributed by atoms with Crippen molar-refractivity contribution in [3.63, 3.8) is 0 Å². The van der Waals surface area contributed by atoms with Crippen molar-refractivity contribution in [2.24, 2.45) is 0 Å². The molecule has 1 aromatic carbocycles. The SMILES string of the molecule is CC1(C)OCCCn2c1nc(C(=O)NCc1ccc(F)cc1-n1ccnn1)c(O)c2=O. The predicted octanol–water partition coefficient (Wildman–Crippen LogP) is 1.25.